The lowest BCUT2D eigenvalue weighted by Crippen LogP contribution is -2.52. The number of aromatic nitrogens is 2. The zero-order valence-corrected chi connectivity index (χ0v) is 24.0. The van der Waals surface area contributed by atoms with Gasteiger partial charge in [-0.3, -0.25) is 14.5 Å². The normalized spacial score (nSPS) is 30.6. The smallest absolute Gasteiger partial charge is 0.360 e. The van der Waals surface area contributed by atoms with Crippen LogP contribution in [0.1, 0.15) is 96.2 Å². The fourth-order valence-electron chi connectivity index (χ4n) is 8.16. The number of oxime groups is 1. The van der Waals surface area contributed by atoms with E-state index in [4.69, 9.17) is 10.6 Å². The average Bonchev–Trinajstić information content (AvgIpc) is 3.08. The first-order valence-electron chi connectivity index (χ1n) is 15.2. The number of carbonyl (C=O) groups is 2. The molecule has 3 N–H and O–H groups in total. The van der Waals surface area contributed by atoms with Gasteiger partial charge in [-0.25, -0.2) is 9.78 Å². The standard InChI is InChI=1S/C31H41N5O5/c1-31(2,30(32)40)41-34-27(29(38)39)26-28(37)36(25-10-6-5-9-24(25)33-26)23-16-20-11-12-21(17-23)35(20)22-14-18-7-3-4-8-19(13-18)15-22/h5-6,9-10,18-23H,3-4,7-8,11-17H2,1-2H3,(H2,32,40)(H,38,39)/b34-27-/t18?,19?,20-,21+,22?,23?. The Morgan fingerprint density at radius 1 is 0.951 bits per heavy atom. The first kappa shape index (κ1) is 27.9. The molecule has 1 amide bonds. The first-order chi connectivity index (χ1) is 19.6. The van der Waals surface area contributed by atoms with Gasteiger partial charge in [-0.2, -0.15) is 0 Å². The highest BCUT2D eigenvalue weighted by molar-refractivity contribution is 6.41. The Labute approximate surface area is 239 Å². The highest BCUT2D eigenvalue weighted by Gasteiger charge is 2.47. The number of primary amides is 1. The van der Waals surface area contributed by atoms with Crippen LogP contribution in [-0.2, 0) is 14.4 Å². The van der Waals surface area contributed by atoms with Crippen LogP contribution in [0.25, 0.3) is 11.0 Å². The third kappa shape index (κ3) is 5.27. The number of rotatable bonds is 7. The van der Waals surface area contributed by atoms with E-state index in [2.05, 4.69) is 15.0 Å². The van der Waals surface area contributed by atoms with Crippen LogP contribution in [0, 0.1) is 11.8 Å². The molecule has 2 aliphatic heterocycles. The molecule has 2 saturated heterocycles. The summed E-state index contributed by atoms with van der Waals surface area (Å²) in [5.74, 6) is -0.578. The number of amides is 1. The minimum Gasteiger partial charge on any atom is -0.476 e. The van der Waals surface area contributed by atoms with Crippen LogP contribution in [0.3, 0.4) is 0 Å². The number of carbonyl (C=O) groups excluding carboxylic acids is 1. The van der Waals surface area contributed by atoms with Gasteiger partial charge in [0.1, 0.15) is 0 Å². The zero-order chi connectivity index (χ0) is 28.9. The number of para-hydroxylation sites is 2. The van der Waals surface area contributed by atoms with E-state index in [0.717, 1.165) is 37.5 Å². The van der Waals surface area contributed by atoms with Crippen LogP contribution < -0.4 is 11.3 Å². The molecule has 4 aliphatic rings. The number of carboxylic acid groups (broad SMARTS) is 1. The third-order valence-corrected chi connectivity index (χ3v) is 10.1. The summed E-state index contributed by atoms with van der Waals surface area (Å²) in [6.45, 7) is 2.77. The second-order valence-corrected chi connectivity index (χ2v) is 13.2. The Morgan fingerprint density at radius 3 is 2.20 bits per heavy atom. The molecule has 0 spiro atoms. The van der Waals surface area contributed by atoms with E-state index >= 15 is 0 Å². The molecule has 6 rings (SSSR count). The molecule has 1 aromatic carbocycles. The van der Waals surface area contributed by atoms with Gasteiger partial charge in [-0.1, -0.05) is 43.0 Å². The summed E-state index contributed by atoms with van der Waals surface area (Å²) in [5, 5.41) is 13.7. The maximum atomic E-state index is 14.1. The number of hydrogen-bond acceptors (Lipinski definition) is 7. The number of carboxylic acids is 1. The van der Waals surface area contributed by atoms with Crippen LogP contribution in [-0.4, -0.2) is 60.9 Å². The highest BCUT2D eigenvalue weighted by Crippen LogP contribution is 2.48. The van der Waals surface area contributed by atoms with Gasteiger partial charge >= 0.3 is 5.97 Å². The van der Waals surface area contributed by atoms with Gasteiger partial charge in [0.25, 0.3) is 11.5 Å². The Kier molecular flexibility index (Phi) is 7.38. The minimum absolute atomic E-state index is 0.0770. The molecule has 220 valence electrons. The Hall–Kier alpha value is -3.27. The van der Waals surface area contributed by atoms with E-state index in [9.17, 15) is 19.5 Å². The van der Waals surface area contributed by atoms with Gasteiger partial charge in [0.15, 0.2) is 5.69 Å². The molecule has 10 nitrogen and oxygen atoms in total. The second kappa shape index (κ2) is 10.9. The largest absolute Gasteiger partial charge is 0.476 e. The summed E-state index contributed by atoms with van der Waals surface area (Å²) >= 11 is 0. The molecule has 4 fully saturated rings. The average molecular weight is 564 g/mol. The molecule has 41 heavy (non-hydrogen) atoms. The molecule has 4 bridgehead atoms. The maximum Gasteiger partial charge on any atom is 0.360 e. The molecule has 3 unspecified atom stereocenters. The lowest BCUT2D eigenvalue weighted by Gasteiger charge is -2.48. The summed E-state index contributed by atoms with van der Waals surface area (Å²) in [7, 11) is 0. The quantitative estimate of drug-likeness (QED) is 0.383. The molecule has 10 heteroatoms. The van der Waals surface area contributed by atoms with Crippen LogP contribution in [0.15, 0.2) is 34.2 Å². The van der Waals surface area contributed by atoms with Gasteiger partial charge in [-0.15, -0.1) is 0 Å². The van der Waals surface area contributed by atoms with Crippen LogP contribution >= 0.6 is 0 Å². The zero-order valence-electron chi connectivity index (χ0n) is 24.0. The van der Waals surface area contributed by atoms with Crippen molar-refractivity contribution in [3.63, 3.8) is 0 Å². The van der Waals surface area contributed by atoms with Crippen molar-refractivity contribution >= 4 is 28.6 Å². The van der Waals surface area contributed by atoms with Gasteiger partial charge in [0.2, 0.25) is 11.3 Å². The van der Waals surface area contributed by atoms with E-state index in [1.807, 2.05) is 18.2 Å². The van der Waals surface area contributed by atoms with Crippen LogP contribution in [0.2, 0.25) is 0 Å². The first-order valence-corrected chi connectivity index (χ1v) is 15.2. The Bertz CT molecular complexity index is 1410. The van der Waals surface area contributed by atoms with E-state index < -0.39 is 28.7 Å². The number of piperidine rings is 1. The van der Waals surface area contributed by atoms with E-state index in [0.29, 0.717) is 29.2 Å². The summed E-state index contributed by atoms with van der Waals surface area (Å²) < 4.78 is 1.75. The summed E-state index contributed by atoms with van der Waals surface area (Å²) in [6, 6.07) is 8.72. The molecule has 3 heterocycles. The molecular weight excluding hydrogens is 522 g/mol. The van der Waals surface area contributed by atoms with Gasteiger partial charge in [0.05, 0.1) is 11.0 Å². The van der Waals surface area contributed by atoms with Crippen LogP contribution in [0.4, 0.5) is 0 Å². The van der Waals surface area contributed by atoms with E-state index in [-0.39, 0.29) is 11.7 Å². The van der Waals surface area contributed by atoms with Crippen molar-refractivity contribution in [3.8, 4) is 0 Å². The van der Waals surface area contributed by atoms with Crippen molar-refractivity contribution in [1.82, 2.24) is 14.5 Å². The SMILES string of the molecule is CC(C)(O/N=C(\C(=O)O)c1nc2ccccc2n(C2C[C@H]3CC[C@@H](C2)N3C2CC3CCCCC(C3)C2)c1=O)C(N)=O. The van der Waals surface area contributed by atoms with Crippen molar-refractivity contribution in [2.75, 3.05) is 0 Å². The third-order valence-electron chi connectivity index (χ3n) is 10.1. The van der Waals surface area contributed by atoms with Crippen molar-refractivity contribution in [1.29, 1.82) is 0 Å². The summed E-state index contributed by atoms with van der Waals surface area (Å²) in [5.41, 5.74) is 3.55. The second-order valence-electron chi connectivity index (χ2n) is 13.2. The molecule has 2 aliphatic carbocycles. The number of nitrogens with two attached hydrogens (primary N) is 1. The Balaban J connectivity index is 1.34. The predicted octanol–water partition coefficient (Wildman–Crippen LogP) is 3.99. The molecular formula is C31H41N5O5. The predicted molar refractivity (Wildman–Crippen MR) is 155 cm³/mol. The van der Waals surface area contributed by atoms with Gasteiger partial charge in [-0.05, 0) is 82.8 Å². The Morgan fingerprint density at radius 2 is 1.59 bits per heavy atom. The van der Waals surface area contributed by atoms with Crippen molar-refractivity contribution < 1.29 is 19.5 Å². The van der Waals surface area contributed by atoms with E-state index in [1.54, 1.807) is 10.6 Å². The molecule has 0 radical (unpaired) electrons. The van der Waals surface area contributed by atoms with Crippen molar-refractivity contribution in [2.45, 2.75) is 114 Å². The molecule has 1 aromatic heterocycles. The monoisotopic (exact) mass is 563 g/mol. The van der Waals surface area contributed by atoms with Crippen molar-refractivity contribution in [2.24, 2.45) is 22.7 Å². The van der Waals surface area contributed by atoms with E-state index in [1.165, 1.54) is 58.8 Å². The fraction of sp³-hybridized carbons (Fsp3) is 0.645. The highest BCUT2D eigenvalue weighted by atomic mass is 16.7. The summed E-state index contributed by atoms with van der Waals surface area (Å²) in [6.07, 6.45) is 13.4. The molecule has 2 aromatic rings. The number of nitrogens with zero attached hydrogens (tertiary/aromatic N) is 4. The van der Waals surface area contributed by atoms with Gasteiger partial charge < -0.3 is 20.2 Å². The number of hydrogen-bond donors (Lipinski definition) is 2. The number of benzene rings is 1. The topological polar surface area (TPSA) is 140 Å². The number of fused-ring (bicyclic) bond motifs is 5. The van der Waals surface area contributed by atoms with Crippen molar-refractivity contribution in [3.05, 3.63) is 40.3 Å². The van der Waals surface area contributed by atoms with Gasteiger partial charge in [0, 0.05) is 24.2 Å². The maximum absolute atomic E-state index is 14.1. The minimum atomic E-state index is -1.56. The lowest BCUT2D eigenvalue weighted by molar-refractivity contribution is -0.140. The molecule has 2 saturated carbocycles. The summed E-state index contributed by atoms with van der Waals surface area (Å²) in [4.78, 5) is 50.5. The molecule has 5 atom stereocenters. The fourth-order valence-corrected chi connectivity index (χ4v) is 8.16. The number of aliphatic carboxylic acids is 1. The lowest BCUT2D eigenvalue weighted by atomic mass is 9.76. The van der Waals surface area contributed by atoms with Crippen LogP contribution in [0.5, 0.6) is 0 Å².